The number of esters is 1. The van der Waals surface area contributed by atoms with Crippen molar-refractivity contribution >= 4 is 5.97 Å². The molecule has 1 rings (SSSR count). The van der Waals surface area contributed by atoms with Crippen LogP contribution in [0.25, 0.3) is 0 Å². The number of rotatable bonds is 7. The number of carbonyl (C=O) groups excluding carboxylic acids is 1. The standard InChI is InChI=1S/C15H28O2/c1-3-5-6-7-13-8-10-14(11-9-13)12-15(16)17-4-2/h13-14H,3-12H2,1-2H3. The van der Waals surface area contributed by atoms with Crippen LogP contribution in [-0.4, -0.2) is 12.6 Å². The van der Waals surface area contributed by atoms with Gasteiger partial charge in [0.1, 0.15) is 0 Å². The maximum Gasteiger partial charge on any atom is 0.306 e. The van der Waals surface area contributed by atoms with Crippen molar-refractivity contribution in [3.05, 3.63) is 0 Å². The molecule has 1 saturated carbocycles. The van der Waals surface area contributed by atoms with Crippen LogP contribution in [0.4, 0.5) is 0 Å². The molecule has 0 amide bonds. The lowest BCUT2D eigenvalue weighted by Crippen LogP contribution is -2.18. The SMILES string of the molecule is CCCCCC1CCC(CC(=O)OCC)CC1. The highest BCUT2D eigenvalue weighted by molar-refractivity contribution is 5.69. The Morgan fingerprint density at radius 1 is 1.06 bits per heavy atom. The summed E-state index contributed by atoms with van der Waals surface area (Å²) in [4.78, 5) is 11.4. The summed E-state index contributed by atoms with van der Waals surface area (Å²) in [6.45, 7) is 4.66. The van der Waals surface area contributed by atoms with Gasteiger partial charge < -0.3 is 4.74 Å². The Morgan fingerprint density at radius 3 is 2.29 bits per heavy atom. The van der Waals surface area contributed by atoms with E-state index in [4.69, 9.17) is 4.74 Å². The van der Waals surface area contributed by atoms with Crippen LogP contribution in [0, 0.1) is 11.8 Å². The Labute approximate surface area is 106 Å². The van der Waals surface area contributed by atoms with Gasteiger partial charge in [0.05, 0.1) is 6.61 Å². The molecule has 100 valence electrons. The van der Waals surface area contributed by atoms with E-state index < -0.39 is 0 Å². The van der Waals surface area contributed by atoms with Crippen molar-refractivity contribution in [1.82, 2.24) is 0 Å². The Bertz CT molecular complexity index is 205. The zero-order valence-electron chi connectivity index (χ0n) is 11.5. The summed E-state index contributed by atoms with van der Waals surface area (Å²) in [5.41, 5.74) is 0. The van der Waals surface area contributed by atoms with Crippen molar-refractivity contribution in [1.29, 1.82) is 0 Å². The minimum atomic E-state index is 0.00179. The second-order valence-electron chi connectivity index (χ2n) is 5.39. The van der Waals surface area contributed by atoms with Gasteiger partial charge in [-0.2, -0.15) is 0 Å². The highest BCUT2D eigenvalue weighted by Crippen LogP contribution is 2.33. The van der Waals surface area contributed by atoms with Crippen LogP contribution in [0.2, 0.25) is 0 Å². The smallest absolute Gasteiger partial charge is 0.306 e. The third kappa shape index (κ3) is 6.09. The molecule has 2 nitrogen and oxygen atoms in total. The third-order valence-electron chi connectivity index (χ3n) is 3.94. The zero-order valence-corrected chi connectivity index (χ0v) is 11.5. The monoisotopic (exact) mass is 240 g/mol. The molecule has 0 aromatic rings. The highest BCUT2D eigenvalue weighted by Gasteiger charge is 2.23. The van der Waals surface area contributed by atoms with E-state index in [2.05, 4.69) is 6.92 Å². The van der Waals surface area contributed by atoms with Gasteiger partial charge in [-0.05, 0) is 31.6 Å². The summed E-state index contributed by atoms with van der Waals surface area (Å²) in [6, 6.07) is 0. The van der Waals surface area contributed by atoms with E-state index in [1.807, 2.05) is 6.92 Å². The summed E-state index contributed by atoms with van der Waals surface area (Å²) in [5, 5.41) is 0. The molecule has 0 atom stereocenters. The molecule has 0 heterocycles. The number of hydrogen-bond acceptors (Lipinski definition) is 2. The molecule has 0 spiro atoms. The Kier molecular flexibility index (Phi) is 7.30. The van der Waals surface area contributed by atoms with Gasteiger partial charge in [-0.25, -0.2) is 0 Å². The largest absolute Gasteiger partial charge is 0.466 e. The van der Waals surface area contributed by atoms with Gasteiger partial charge in [-0.3, -0.25) is 4.79 Å². The number of ether oxygens (including phenoxy) is 1. The molecular weight excluding hydrogens is 212 g/mol. The maximum absolute atomic E-state index is 11.4. The maximum atomic E-state index is 11.4. The van der Waals surface area contributed by atoms with Crippen molar-refractivity contribution in [2.45, 2.75) is 71.6 Å². The first-order valence-electron chi connectivity index (χ1n) is 7.41. The van der Waals surface area contributed by atoms with Gasteiger partial charge in [0.25, 0.3) is 0 Å². The molecule has 0 aromatic heterocycles. The third-order valence-corrected chi connectivity index (χ3v) is 3.94. The molecule has 1 aliphatic rings. The molecule has 1 aliphatic carbocycles. The molecule has 0 N–H and O–H groups in total. The quantitative estimate of drug-likeness (QED) is 0.489. The first-order chi connectivity index (χ1) is 8.26. The predicted octanol–water partition coefficient (Wildman–Crippen LogP) is 4.33. The van der Waals surface area contributed by atoms with Gasteiger partial charge >= 0.3 is 5.97 Å². The fourth-order valence-corrected chi connectivity index (χ4v) is 2.86. The second kappa shape index (κ2) is 8.54. The Hall–Kier alpha value is -0.530. The molecule has 0 saturated heterocycles. The lowest BCUT2D eigenvalue weighted by atomic mass is 9.78. The van der Waals surface area contributed by atoms with Crippen LogP contribution < -0.4 is 0 Å². The van der Waals surface area contributed by atoms with E-state index in [0.29, 0.717) is 18.9 Å². The normalized spacial score (nSPS) is 24.6. The van der Waals surface area contributed by atoms with Crippen molar-refractivity contribution in [2.75, 3.05) is 6.61 Å². The van der Waals surface area contributed by atoms with Gasteiger partial charge in [-0.15, -0.1) is 0 Å². The van der Waals surface area contributed by atoms with Crippen LogP contribution in [0.3, 0.4) is 0 Å². The van der Waals surface area contributed by atoms with Crippen LogP contribution in [0.1, 0.15) is 71.6 Å². The van der Waals surface area contributed by atoms with Crippen LogP contribution in [-0.2, 0) is 9.53 Å². The van der Waals surface area contributed by atoms with E-state index in [-0.39, 0.29) is 5.97 Å². The molecule has 0 unspecified atom stereocenters. The van der Waals surface area contributed by atoms with Gasteiger partial charge in [0.15, 0.2) is 0 Å². The average molecular weight is 240 g/mol. The number of unbranched alkanes of at least 4 members (excludes halogenated alkanes) is 2. The molecule has 0 bridgehead atoms. The topological polar surface area (TPSA) is 26.3 Å². The molecule has 0 aromatic carbocycles. The van der Waals surface area contributed by atoms with Crippen LogP contribution in [0.15, 0.2) is 0 Å². The second-order valence-corrected chi connectivity index (χ2v) is 5.39. The zero-order chi connectivity index (χ0) is 12.5. The van der Waals surface area contributed by atoms with Gasteiger partial charge in [-0.1, -0.05) is 45.4 Å². The summed E-state index contributed by atoms with van der Waals surface area (Å²) >= 11 is 0. The van der Waals surface area contributed by atoms with Crippen LogP contribution in [0.5, 0.6) is 0 Å². The number of carbonyl (C=O) groups is 1. The van der Waals surface area contributed by atoms with E-state index in [0.717, 1.165) is 5.92 Å². The molecule has 0 aliphatic heterocycles. The highest BCUT2D eigenvalue weighted by atomic mass is 16.5. The lowest BCUT2D eigenvalue weighted by Gasteiger charge is -2.27. The lowest BCUT2D eigenvalue weighted by molar-refractivity contribution is -0.144. The molecule has 2 heteroatoms. The van der Waals surface area contributed by atoms with Gasteiger partial charge in [0.2, 0.25) is 0 Å². The predicted molar refractivity (Wildman–Crippen MR) is 70.8 cm³/mol. The van der Waals surface area contributed by atoms with E-state index in [1.54, 1.807) is 0 Å². The van der Waals surface area contributed by atoms with Crippen molar-refractivity contribution in [2.24, 2.45) is 11.8 Å². The fraction of sp³-hybridized carbons (Fsp3) is 0.933. The van der Waals surface area contributed by atoms with E-state index in [9.17, 15) is 4.79 Å². The van der Waals surface area contributed by atoms with Crippen molar-refractivity contribution in [3.63, 3.8) is 0 Å². The first-order valence-corrected chi connectivity index (χ1v) is 7.41. The van der Waals surface area contributed by atoms with E-state index in [1.165, 1.54) is 51.4 Å². The molecule has 17 heavy (non-hydrogen) atoms. The Morgan fingerprint density at radius 2 is 1.71 bits per heavy atom. The molecule has 0 radical (unpaired) electrons. The minimum absolute atomic E-state index is 0.00179. The summed E-state index contributed by atoms with van der Waals surface area (Å²) in [6.07, 6.45) is 11.3. The summed E-state index contributed by atoms with van der Waals surface area (Å²) in [7, 11) is 0. The number of hydrogen-bond donors (Lipinski definition) is 0. The van der Waals surface area contributed by atoms with Crippen molar-refractivity contribution in [3.8, 4) is 0 Å². The summed E-state index contributed by atoms with van der Waals surface area (Å²) in [5.74, 6) is 1.53. The van der Waals surface area contributed by atoms with E-state index >= 15 is 0 Å². The molecule has 1 fully saturated rings. The molecular formula is C15H28O2. The fourth-order valence-electron chi connectivity index (χ4n) is 2.86. The Balaban J connectivity index is 2.10. The van der Waals surface area contributed by atoms with Crippen molar-refractivity contribution < 1.29 is 9.53 Å². The van der Waals surface area contributed by atoms with Gasteiger partial charge in [0, 0.05) is 6.42 Å². The summed E-state index contributed by atoms with van der Waals surface area (Å²) < 4.78 is 5.01. The minimum Gasteiger partial charge on any atom is -0.466 e. The average Bonchev–Trinajstić information content (AvgIpc) is 2.32. The first kappa shape index (κ1) is 14.5. The van der Waals surface area contributed by atoms with Crippen LogP contribution >= 0.6 is 0 Å².